The van der Waals surface area contributed by atoms with Gasteiger partial charge >= 0.3 is 0 Å². The quantitative estimate of drug-likeness (QED) is 0.839. The third-order valence-corrected chi connectivity index (χ3v) is 5.27. The van der Waals surface area contributed by atoms with Gasteiger partial charge in [-0.1, -0.05) is 26.0 Å². The largest absolute Gasteiger partial charge is 0.496 e. The number of amides is 2. The lowest BCUT2D eigenvalue weighted by atomic mass is 10.0. The van der Waals surface area contributed by atoms with E-state index in [1.807, 2.05) is 24.8 Å². The van der Waals surface area contributed by atoms with E-state index in [1.54, 1.807) is 18.2 Å². The van der Waals surface area contributed by atoms with Gasteiger partial charge in [0, 0.05) is 26.2 Å². The van der Waals surface area contributed by atoms with E-state index in [2.05, 4.69) is 10.6 Å². The van der Waals surface area contributed by atoms with Crippen molar-refractivity contribution in [2.75, 3.05) is 33.3 Å². The first-order valence-corrected chi connectivity index (χ1v) is 8.94. The fourth-order valence-electron chi connectivity index (χ4n) is 3.80. The van der Waals surface area contributed by atoms with Gasteiger partial charge in [-0.05, 0) is 29.9 Å². The van der Waals surface area contributed by atoms with Crippen LogP contribution in [0.3, 0.4) is 0 Å². The number of rotatable bonds is 5. The predicted octanol–water partition coefficient (Wildman–Crippen LogP) is 1.13. The van der Waals surface area contributed by atoms with E-state index in [9.17, 15) is 9.59 Å². The van der Waals surface area contributed by atoms with Crippen LogP contribution in [0.2, 0.25) is 0 Å². The van der Waals surface area contributed by atoms with Crippen molar-refractivity contribution >= 4 is 11.8 Å². The molecule has 2 amide bonds. The number of hydrogen-bond donors (Lipinski definition) is 2. The number of carbonyl (C=O) groups is 2. The molecular weight excluding hydrogens is 318 g/mol. The second kappa shape index (κ2) is 7.44. The number of nitrogens with zero attached hydrogens (tertiary/aromatic N) is 1. The minimum Gasteiger partial charge on any atom is -0.496 e. The first kappa shape index (κ1) is 17.7. The Balaban J connectivity index is 1.71. The summed E-state index contributed by atoms with van der Waals surface area (Å²) in [6.07, 6.45) is 0. The van der Waals surface area contributed by atoms with E-state index in [4.69, 9.17) is 4.74 Å². The molecule has 1 aromatic carbocycles. The molecule has 2 aliphatic rings. The van der Waals surface area contributed by atoms with Crippen molar-refractivity contribution < 1.29 is 14.3 Å². The van der Waals surface area contributed by atoms with Gasteiger partial charge in [-0.25, -0.2) is 0 Å². The third-order valence-electron chi connectivity index (χ3n) is 5.27. The molecule has 0 radical (unpaired) electrons. The van der Waals surface area contributed by atoms with Crippen LogP contribution in [0.5, 0.6) is 5.75 Å². The number of benzene rings is 1. The molecule has 0 aliphatic carbocycles. The van der Waals surface area contributed by atoms with Crippen LogP contribution < -0.4 is 15.4 Å². The molecule has 2 heterocycles. The maximum Gasteiger partial charge on any atom is 0.255 e. The topological polar surface area (TPSA) is 70.7 Å². The van der Waals surface area contributed by atoms with Crippen molar-refractivity contribution in [1.82, 2.24) is 15.5 Å². The van der Waals surface area contributed by atoms with E-state index < -0.39 is 6.04 Å². The molecule has 0 spiro atoms. The van der Waals surface area contributed by atoms with E-state index in [1.165, 1.54) is 7.11 Å². The van der Waals surface area contributed by atoms with Crippen molar-refractivity contribution in [1.29, 1.82) is 0 Å². The highest BCUT2D eigenvalue weighted by Crippen LogP contribution is 2.27. The number of nitrogens with one attached hydrogen (secondary N) is 2. The summed E-state index contributed by atoms with van der Waals surface area (Å²) in [6.45, 7) is 7.45. The van der Waals surface area contributed by atoms with Crippen LogP contribution in [-0.4, -0.2) is 56.0 Å². The van der Waals surface area contributed by atoms with Gasteiger partial charge in [-0.15, -0.1) is 0 Å². The van der Waals surface area contributed by atoms with Gasteiger partial charge in [-0.3, -0.25) is 9.59 Å². The first-order chi connectivity index (χ1) is 12.0. The zero-order valence-corrected chi connectivity index (χ0v) is 15.1. The molecule has 0 aromatic heterocycles. The molecule has 6 heteroatoms. The molecule has 3 atom stereocenters. The van der Waals surface area contributed by atoms with E-state index >= 15 is 0 Å². The van der Waals surface area contributed by atoms with Gasteiger partial charge in [0.2, 0.25) is 5.91 Å². The Labute approximate surface area is 148 Å². The fourth-order valence-corrected chi connectivity index (χ4v) is 3.80. The second-order valence-electron chi connectivity index (χ2n) is 7.32. The lowest BCUT2D eigenvalue weighted by Gasteiger charge is -2.27. The van der Waals surface area contributed by atoms with Gasteiger partial charge in [0.25, 0.3) is 5.91 Å². The summed E-state index contributed by atoms with van der Waals surface area (Å²) in [5, 5.41) is 6.30. The highest BCUT2D eigenvalue weighted by atomic mass is 16.5. The van der Waals surface area contributed by atoms with Crippen molar-refractivity contribution in [3.63, 3.8) is 0 Å². The molecule has 136 valence electrons. The van der Waals surface area contributed by atoms with E-state index in [0.29, 0.717) is 23.1 Å². The summed E-state index contributed by atoms with van der Waals surface area (Å²) >= 11 is 0. The zero-order chi connectivity index (χ0) is 18.0. The number of likely N-dealkylation sites (tertiary alicyclic amines) is 1. The highest BCUT2D eigenvalue weighted by molar-refractivity contribution is 5.99. The molecule has 2 fully saturated rings. The Morgan fingerprint density at radius 3 is 2.44 bits per heavy atom. The summed E-state index contributed by atoms with van der Waals surface area (Å²) in [5.41, 5.74) is 0.450. The van der Waals surface area contributed by atoms with Crippen LogP contribution in [0, 0.1) is 17.8 Å². The van der Waals surface area contributed by atoms with Crippen molar-refractivity contribution in [2.24, 2.45) is 17.8 Å². The Morgan fingerprint density at radius 1 is 1.20 bits per heavy atom. The number of hydrogen-bond acceptors (Lipinski definition) is 4. The molecule has 1 unspecified atom stereocenters. The molecular formula is C19H27N3O3. The van der Waals surface area contributed by atoms with E-state index in [0.717, 1.165) is 26.2 Å². The summed E-state index contributed by atoms with van der Waals surface area (Å²) in [7, 11) is 1.54. The van der Waals surface area contributed by atoms with Gasteiger partial charge in [0.15, 0.2) is 0 Å². The van der Waals surface area contributed by atoms with Crippen molar-refractivity contribution in [2.45, 2.75) is 19.9 Å². The standard InChI is InChI=1S/C19H27N3O3/c1-12(2)17(19(24)22-10-13-8-20-9-14(13)11-22)21-18(23)15-6-4-5-7-16(15)25-3/h4-7,12-14,17,20H,8-11H2,1-3H3,(H,21,23)/t13-,14+,17?. The molecule has 0 bridgehead atoms. The van der Waals surface area contributed by atoms with Gasteiger partial charge in [0.05, 0.1) is 12.7 Å². The fraction of sp³-hybridized carbons (Fsp3) is 0.579. The second-order valence-corrected chi connectivity index (χ2v) is 7.32. The van der Waals surface area contributed by atoms with Gasteiger partial charge < -0.3 is 20.3 Å². The summed E-state index contributed by atoms with van der Waals surface area (Å²) < 4.78 is 5.26. The molecule has 1 aromatic rings. The third kappa shape index (κ3) is 3.63. The maximum absolute atomic E-state index is 13.0. The molecule has 25 heavy (non-hydrogen) atoms. The summed E-state index contributed by atoms with van der Waals surface area (Å²) in [4.78, 5) is 27.6. The molecule has 2 N–H and O–H groups in total. The first-order valence-electron chi connectivity index (χ1n) is 8.94. The smallest absolute Gasteiger partial charge is 0.255 e. The zero-order valence-electron chi connectivity index (χ0n) is 15.1. The number of fused-ring (bicyclic) bond motifs is 1. The normalized spacial score (nSPS) is 23.4. The lowest BCUT2D eigenvalue weighted by Crippen LogP contribution is -2.51. The summed E-state index contributed by atoms with van der Waals surface area (Å²) in [5.74, 6) is 1.36. The Hall–Kier alpha value is -2.08. The van der Waals surface area contributed by atoms with Crippen LogP contribution in [0.25, 0.3) is 0 Å². The SMILES string of the molecule is COc1ccccc1C(=O)NC(C(=O)N1C[C@H]2CNC[C@H]2C1)C(C)C. The number of methoxy groups -OCH3 is 1. The minimum absolute atomic E-state index is 0.0183. The maximum atomic E-state index is 13.0. The van der Waals surface area contributed by atoms with Gasteiger partial charge in [-0.2, -0.15) is 0 Å². The monoisotopic (exact) mass is 345 g/mol. The summed E-state index contributed by atoms with van der Waals surface area (Å²) in [6, 6.07) is 6.54. The Bertz CT molecular complexity index is 635. The Kier molecular flexibility index (Phi) is 5.27. The highest BCUT2D eigenvalue weighted by Gasteiger charge is 2.40. The number of carbonyl (C=O) groups excluding carboxylic acids is 2. The number of para-hydroxylation sites is 1. The minimum atomic E-state index is -0.524. The average Bonchev–Trinajstić information content (AvgIpc) is 3.20. The Morgan fingerprint density at radius 2 is 1.84 bits per heavy atom. The molecule has 2 saturated heterocycles. The predicted molar refractivity (Wildman–Crippen MR) is 95.5 cm³/mol. The van der Waals surface area contributed by atoms with Crippen LogP contribution in [0.4, 0.5) is 0 Å². The van der Waals surface area contributed by atoms with Crippen molar-refractivity contribution in [3.8, 4) is 5.75 Å². The molecule has 6 nitrogen and oxygen atoms in total. The van der Waals surface area contributed by atoms with E-state index in [-0.39, 0.29) is 17.7 Å². The van der Waals surface area contributed by atoms with Crippen molar-refractivity contribution in [3.05, 3.63) is 29.8 Å². The van der Waals surface area contributed by atoms with Crippen LogP contribution in [0.1, 0.15) is 24.2 Å². The van der Waals surface area contributed by atoms with Gasteiger partial charge in [0.1, 0.15) is 11.8 Å². The van der Waals surface area contributed by atoms with Crippen LogP contribution in [-0.2, 0) is 4.79 Å². The molecule has 3 rings (SSSR count). The lowest BCUT2D eigenvalue weighted by molar-refractivity contribution is -0.133. The molecule has 2 aliphatic heterocycles. The average molecular weight is 345 g/mol. The van der Waals surface area contributed by atoms with Crippen LogP contribution >= 0.6 is 0 Å². The van der Waals surface area contributed by atoms with Crippen LogP contribution in [0.15, 0.2) is 24.3 Å². The number of ether oxygens (including phenoxy) is 1. The molecule has 0 saturated carbocycles.